The normalized spacial score (nSPS) is 33.6. The van der Waals surface area contributed by atoms with Crippen molar-refractivity contribution in [1.29, 1.82) is 0 Å². The molecule has 0 aromatic carbocycles. The number of imide groups is 1. The van der Waals surface area contributed by atoms with E-state index in [0.717, 1.165) is 32.1 Å². The van der Waals surface area contributed by atoms with Crippen LogP contribution < -0.4 is 5.32 Å². The molecule has 1 N–H and O–H groups in total. The topological polar surface area (TPSA) is 46.2 Å². The molecule has 0 bridgehead atoms. The van der Waals surface area contributed by atoms with E-state index >= 15 is 0 Å². The Labute approximate surface area is 103 Å². The molecule has 17 heavy (non-hydrogen) atoms. The lowest BCUT2D eigenvalue weighted by Crippen LogP contribution is -2.48. The number of allylic oxidation sites excluding steroid dienone is 2. The van der Waals surface area contributed by atoms with Crippen molar-refractivity contribution in [1.82, 2.24) is 5.32 Å². The van der Waals surface area contributed by atoms with Gasteiger partial charge in [0.2, 0.25) is 11.8 Å². The monoisotopic (exact) mass is 235 g/mol. The van der Waals surface area contributed by atoms with Gasteiger partial charge in [0.05, 0.1) is 0 Å². The first kappa shape index (κ1) is 12.3. The molecule has 1 aliphatic carbocycles. The minimum atomic E-state index is -0.0816. The van der Waals surface area contributed by atoms with Gasteiger partial charge in [-0.2, -0.15) is 0 Å². The number of carbonyl (C=O) groups excluding carboxylic acids is 2. The fourth-order valence-corrected chi connectivity index (χ4v) is 3.19. The van der Waals surface area contributed by atoms with Crippen molar-refractivity contribution in [2.24, 2.45) is 17.8 Å². The fraction of sp³-hybridized carbons (Fsp3) is 0.714. The first-order valence-corrected chi connectivity index (χ1v) is 6.71. The Morgan fingerprint density at radius 3 is 2.82 bits per heavy atom. The van der Waals surface area contributed by atoms with Gasteiger partial charge < -0.3 is 0 Å². The number of piperidine rings is 1. The summed E-state index contributed by atoms with van der Waals surface area (Å²) in [6.07, 6.45) is 10.1. The number of amides is 2. The molecule has 0 aromatic heterocycles. The summed E-state index contributed by atoms with van der Waals surface area (Å²) in [7, 11) is 0. The van der Waals surface area contributed by atoms with Crippen LogP contribution in [0.1, 0.15) is 45.4 Å². The zero-order valence-electron chi connectivity index (χ0n) is 10.4. The van der Waals surface area contributed by atoms with E-state index in [1.807, 2.05) is 0 Å². The predicted molar refractivity (Wildman–Crippen MR) is 66.1 cm³/mol. The van der Waals surface area contributed by atoms with Crippen molar-refractivity contribution in [3.8, 4) is 0 Å². The molecule has 0 spiro atoms. The first-order chi connectivity index (χ1) is 8.22. The Morgan fingerprint density at radius 2 is 2.18 bits per heavy atom. The molecule has 1 aliphatic heterocycles. The van der Waals surface area contributed by atoms with Crippen molar-refractivity contribution in [2.45, 2.75) is 45.4 Å². The average molecular weight is 235 g/mol. The Balaban J connectivity index is 2.11. The molecule has 94 valence electrons. The standard InChI is InChI=1S/C14H21NO2/c1-2-6-11-12(9-13(16)15-14(11)17)10-7-4-3-5-8-10/h3-4,10-12H,2,5-9H2,1H3,(H,15,16,17). The molecule has 0 aromatic rings. The van der Waals surface area contributed by atoms with Gasteiger partial charge in [-0.1, -0.05) is 25.5 Å². The predicted octanol–water partition coefficient (Wildman–Crippen LogP) is 2.42. The van der Waals surface area contributed by atoms with E-state index in [0.29, 0.717) is 12.3 Å². The number of hydrogen-bond acceptors (Lipinski definition) is 2. The highest BCUT2D eigenvalue weighted by atomic mass is 16.2. The third-order valence-corrected chi connectivity index (χ3v) is 4.05. The smallest absolute Gasteiger partial charge is 0.229 e. The third-order valence-electron chi connectivity index (χ3n) is 4.05. The van der Waals surface area contributed by atoms with Crippen LogP contribution in [-0.2, 0) is 9.59 Å². The molecule has 2 rings (SSSR count). The van der Waals surface area contributed by atoms with Gasteiger partial charge in [0.1, 0.15) is 0 Å². The molecule has 1 fully saturated rings. The molecular weight excluding hydrogens is 214 g/mol. The van der Waals surface area contributed by atoms with E-state index in [1.54, 1.807) is 0 Å². The van der Waals surface area contributed by atoms with Crippen molar-refractivity contribution < 1.29 is 9.59 Å². The molecule has 3 unspecified atom stereocenters. The molecule has 0 radical (unpaired) electrons. The second-order valence-electron chi connectivity index (χ2n) is 5.22. The van der Waals surface area contributed by atoms with E-state index < -0.39 is 0 Å². The van der Waals surface area contributed by atoms with Gasteiger partial charge in [-0.15, -0.1) is 0 Å². The molecule has 2 amide bonds. The second kappa shape index (κ2) is 5.48. The maximum absolute atomic E-state index is 11.9. The number of hydrogen-bond donors (Lipinski definition) is 1. The lowest BCUT2D eigenvalue weighted by molar-refractivity contribution is -0.140. The summed E-state index contributed by atoms with van der Waals surface area (Å²) >= 11 is 0. The lowest BCUT2D eigenvalue weighted by atomic mass is 9.71. The highest BCUT2D eigenvalue weighted by Crippen LogP contribution is 2.37. The Hall–Kier alpha value is -1.12. The van der Waals surface area contributed by atoms with Crippen molar-refractivity contribution in [3.63, 3.8) is 0 Å². The second-order valence-corrected chi connectivity index (χ2v) is 5.22. The van der Waals surface area contributed by atoms with Crippen LogP contribution in [0.2, 0.25) is 0 Å². The van der Waals surface area contributed by atoms with Crippen LogP contribution in [0.25, 0.3) is 0 Å². The summed E-state index contributed by atoms with van der Waals surface area (Å²) in [5.41, 5.74) is 0. The number of carbonyl (C=O) groups is 2. The van der Waals surface area contributed by atoms with Crippen LogP contribution in [0.4, 0.5) is 0 Å². The van der Waals surface area contributed by atoms with Crippen molar-refractivity contribution in [3.05, 3.63) is 12.2 Å². The summed E-state index contributed by atoms with van der Waals surface area (Å²) in [5, 5.41) is 2.49. The molecule has 0 saturated carbocycles. The van der Waals surface area contributed by atoms with Crippen LogP contribution in [0.5, 0.6) is 0 Å². The average Bonchev–Trinajstić information content (AvgIpc) is 2.33. The van der Waals surface area contributed by atoms with Crippen LogP contribution in [-0.4, -0.2) is 11.8 Å². The zero-order chi connectivity index (χ0) is 12.3. The fourth-order valence-electron chi connectivity index (χ4n) is 3.19. The lowest BCUT2D eigenvalue weighted by Gasteiger charge is -2.36. The minimum Gasteiger partial charge on any atom is -0.296 e. The molecule has 3 nitrogen and oxygen atoms in total. The van der Waals surface area contributed by atoms with Gasteiger partial charge in [0, 0.05) is 12.3 Å². The van der Waals surface area contributed by atoms with E-state index in [1.165, 1.54) is 0 Å². The van der Waals surface area contributed by atoms with E-state index in [4.69, 9.17) is 0 Å². The van der Waals surface area contributed by atoms with Crippen LogP contribution in [0.3, 0.4) is 0 Å². The van der Waals surface area contributed by atoms with E-state index in [2.05, 4.69) is 24.4 Å². The number of rotatable bonds is 3. The summed E-state index contributed by atoms with van der Waals surface area (Å²) in [4.78, 5) is 23.4. The largest absolute Gasteiger partial charge is 0.296 e. The van der Waals surface area contributed by atoms with Gasteiger partial charge in [-0.25, -0.2) is 0 Å². The molecule has 3 heteroatoms. The van der Waals surface area contributed by atoms with Gasteiger partial charge in [0.15, 0.2) is 0 Å². The Kier molecular flexibility index (Phi) is 3.97. The molecule has 1 heterocycles. The molecule has 3 atom stereocenters. The summed E-state index contributed by atoms with van der Waals surface area (Å²) < 4.78 is 0. The van der Waals surface area contributed by atoms with Crippen molar-refractivity contribution >= 4 is 11.8 Å². The van der Waals surface area contributed by atoms with Crippen LogP contribution in [0.15, 0.2) is 12.2 Å². The van der Waals surface area contributed by atoms with Gasteiger partial charge >= 0.3 is 0 Å². The quantitative estimate of drug-likeness (QED) is 0.603. The molecule has 1 saturated heterocycles. The number of nitrogens with one attached hydrogen (secondary N) is 1. The van der Waals surface area contributed by atoms with Gasteiger partial charge in [-0.05, 0) is 37.5 Å². The summed E-state index contributed by atoms with van der Waals surface area (Å²) in [6, 6.07) is 0. The minimum absolute atomic E-state index is 0.0392. The van der Waals surface area contributed by atoms with Crippen LogP contribution in [0, 0.1) is 17.8 Å². The zero-order valence-corrected chi connectivity index (χ0v) is 10.4. The molecule has 2 aliphatic rings. The first-order valence-electron chi connectivity index (χ1n) is 6.71. The van der Waals surface area contributed by atoms with E-state index in [-0.39, 0.29) is 23.7 Å². The van der Waals surface area contributed by atoms with E-state index in [9.17, 15) is 9.59 Å². The summed E-state index contributed by atoms with van der Waals surface area (Å²) in [6.45, 7) is 2.10. The molecular formula is C14H21NO2. The summed E-state index contributed by atoms with van der Waals surface area (Å²) in [5.74, 6) is 0.714. The maximum atomic E-state index is 11.9. The van der Waals surface area contributed by atoms with Crippen LogP contribution >= 0.6 is 0 Å². The maximum Gasteiger partial charge on any atom is 0.229 e. The highest BCUT2D eigenvalue weighted by Gasteiger charge is 2.39. The SMILES string of the molecule is CCCC1C(=O)NC(=O)CC1C1CC=CCC1. The van der Waals surface area contributed by atoms with Crippen molar-refractivity contribution in [2.75, 3.05) is 0 Å². The highest BCUT2D eigenvalue weighted by molar-refractivity contribution is 5.99. The Bertz CT molecular complexity index is 335. The Morgan fingerprint density at radius 1 is 1.35 bits per heavy atom. The van der Waals surface area contributed by atoms with Gasteiger partial charge in [-0.3, -0.25) is 14.9 Å². The third kappa shape index (κ3) is 2.76. The van der Waals surface area contributed by atoms with Gasteiger partial charge in [0.25, 0.3) is 0 Å².